The molecule has 3 aromatic heterocycles. The highest BCUT2D eigenvalue weighted by atomic mass is 19.2. The predicted octanol–water partition coefficient (Wildman–Crippen LogP) is 3.81. The molecule has 0 unspecified atom stereocenters. The summed E-state index contributed by atoms with van der Waals surface area (Å²) in [4.78, 5) is 21.2. The molecule has 0 aliphatic rings. The Morgan fingerprint density at radius 3 is 2.59 bits per heavy atom. The van der Waals surface area contributed by atoms with Crippen molar-refractivity contribution >= 4 is 11.0 Å². The van der Waals surface area contributed by atoms with E-state index in [9.17, 15) is 18.0 Å². The number of pyridine rings is 2. The number of halogens is 3. The standard InChI is InChI=1S/C19H13F3N4O/c1-9-4-3-7-23-17(9)13-6-5-11-18(24-13)25-26(19(11)27)14-8-12(20)10(2)15(21)16(14)22/h3-8H,1-2H3,(H,24,25). The van der Waals surface area contributed by atoms with Gasteiger partial charge in [-0.1, -0.05) is 6.07 Å². The van der Waals surface area contributed by atoms with Crippen molar-refractivity contribution in [3.05, 3.63) is 75.5 Å². The van der Waals surface area contributed by atoms with Gasteiger partial charge in [0, 0.05) is 17.8 Å². The van der Waals surface area contributed by atoms with Crippen LogP contribution in [0.3, 0.4) is 0 Å². The van der Waals surface area contributed by atoms with Crippen LogP contribution in [0.2, 0.25) is 0 Å². The van der Waals surface area contributed by atoms with Gasteiger partial charge in [0.15, 0.2) is 17.3 Å². The molecule has 0 amide bonds. The van der Waals surface area contributed by atoms with E-state index in [1.807, 2.05) is 13.0 Å². The van der Waals surface area contributed by atoms with Gasteiger partial charge < -0.3 is 0 Å². The van der Waals surface area contributed by atoms with Crippen molar-refractivity contribution in [3.8, 4) is 17.1 Å². The minimum Gasteiger partial charge on any atom is -0.273 e. The van der Waals surface area contributed by atoms with Gasteiger partial charge in [0.05, 0.1) is 16.8 Å². The maximum atomic E-state index is 14.3. The van der Waals surface area contributed by atoms with Crippen molar-refractivity contribution < 1.29 is 13.2 Å². The van der Waals surface area contributed by atoms with Crippen LogP contribution in [0.5, 0.6) is 0 Å². The molecule has 0 fully saturated rings. The van der Waals surface area contributed by atoms with Gasteiger partial charge in [0.2, 0.25) is 0 Å². The molecule has 0 bridgehead atoms. The fraction of sp³-hybridized carbons (Fsp3) is 0.105. The molecule has 0 saturated carbocycles. The second kappa shape index (κ2) is 6.08. The van der Waals surface area contributed by atoms with Gasteiger partial charge in [0.25, 0.3) is 5.56 Å². The third-order valence-corrected chi connectivity index (χ3v) is 4.41. The molecule has 0 saturated heterocycles. The molecule has 4 rings (SSSR count). The van der Waals surface area contributed by atoms with Crippen LogP contribution in [0.1, 0.15) is 11.1 Å². The Bertz CT molecular complexity index is 1260. The van der Waals surface area contributed by atoms with Gasteiger partial charge in [-0.3, -0.25) is 14.9 Å². The summed E-state index contributed by atoms with van der Waals surface area (Å²) in [6.45, 7) is 2.99. The molecule has 0 atom stereocenters. The molecule has 27 heavy (non-hydrogen) atoms. The molecule has 0 radical (unpaired) electrons. The topological polar surface area (TPSA) is 63.6 Å². The predicted molar refractivity (Wildman–Crippen MR) is 94.3 cm³/mol. The van der Waals surface area contributed by atoms with Crippen LogP contribution in [-0.4, -0.2) is 19.7 Å². The summed E-state index contributed by atoms with van der Waals surface area (Å²) in [6, 6.07) is 7.56. The van der Waals surface area contributed by atoms with E-state index in [1.165, 1.54) is 6.07 Å². The van der Waals surface area contributed by atoms with Gasteiger partial charge in [-0.15, -0.1) is 0 Å². The van der Waals surface area contributed by atoms with Crippen LogP contribution in [0.15, 0.2) is 41.3 Å². The first-order valence-corrected chi connectivity index (χ1v) is 8.06. The maximum absolute atomic E-state index is 14.3. The Kier molecular flexibility index (Phi) is 3.83. The van der Waals surface area contributed by atoms with E-state index in [0.717, 1.165) is 23.2 Å². The number of aromatic amines is 1. The van der Waals surface area contributed by atoms with E-state index in [-0.39, 0.29) is 11.0 Å². The number of aryl methyl sites for hydroxylation is 1. The number of aromatic nitrogens is 4. The summed E-state index contributed by atoms with van der Waals surface area (Å²) in [5, 5.41) is 2.78. The lowest BCUT2D eigenvalue weighted by molar-refractivity contribution is 0.479. The molecule has 1 N–H and O–H groups in total. The van der Waals surface area contributed by atoms with Crippen molar-refractivity contribution in [2.24, 2.45) is 0 Å². The summed E-state index contributed by atoms with van der Waals surface area (Å²) in [5.74, 6) is -3.61. The zero-order chi connectivity index (χ0) is 19.3. The highest BCUT2D eigenvalue weighted by molar-refractivity contribution is 5.78. The van der Waals surface area contributed by atoms with Crippen molar-refractivity contribution in [1.29, 1.82) is 0 Å². The lowest BCUT2D eigenvalue weighted by Gasteiger charge is -2.07. The molecule has 0 aliphatic heterocycles. The first kappa shape index (κ1) is 17.0. The SMILES string of the molecule is Cc1cccnc1-c1ccc2c(=O)n(-c3cc(F)c(C)c(F)c3F)[nH]c2n1. The van der Waals surface area contributed by atoms with Gasteiger partial charge in [-0.05, 0) is 37.6 Å². The van der Waals surface area contributed by atoms with Crippen LogP contribution < -0.4 is 5.56 Å². The van der Waals surface area contributed by atoms with Crippen molar-refractivity contribution in [1.82, 2.24) is 19.7 Å². The lowest BCUT2D eigenvalue weighted by Crippen LogP contribution is -2.17. The Balaban J connectivity index is 1.94. The Morgan fingerprint density at radius 2 is 1.85 bits per heavy atom. The third kappa shape index (κ3) is 2.61. The van der Waals surface area contributed by atoms with E-state index in [4.69, 9.17) is 0 Å². The summed E-state index contributed by atoms with van der Waals surface area (Å²) < 4.78 is 42.8. The molecular weight excluding hydrogens is 357 g/mol. The Labute approximate surface area is 151 Å². The van der Waals surface area contributed by atoms with Gasteiger partial charge in [0.1, 0.15) is 11.5 Å². The van der Waals surface area contributed by atoms with Gasteiger partial charge >= 0.3 is 0 Å². The van der Waals surface area contributed by atoms with E-state index < -0.39 is 34.3 Å². The minimum atomic E-state index is -1.34. The first-order valence-electron chi connectivity index (χ1n) is 8.06. The minimum absolute atomic E-state index is 0.156. The van der Waals surface area contributed by atoms with Crippen LogP contribution in [0, 0.1) is 31.3 Å². The molecule has 5 nitrogen and oxygen atoms in total. The lowest BCUT2D eigenvalue weighted by atomic mass is 10.1. The quantitative estimate of drug-likeness (QED) is 0.546. The van der Waals surface area contributed by atoms with Crippen LogP contribution in [0.25, 0.3) is 28.1 Å². The Hall–Kier alpha value is -3.42. The average molecular weight is 370 g/mol. The third-order valence-electron chi connectivity index (χ3n) is 4.41. The van der Waals surface area contributed by atoms with Crippen molar-refractivity contribution in [2.75, 3.05) is 0 Å². The second-order valence-corrected chi connectivity index (χ2v) is 6.14. The molecule has 4 aromatic rings. The van der Waals surface area contributed by atoms with Crippen LogP contribution >= 0.6 is 0 Å². The molecule has 136 valence electrons. The summed E-state index contributed by atoms with van der Waals surface area (Å²) >= 11 is 0. The highest BCUT2D eigenvalue weighted by Crippen LogP contribution is 2.23. The number of nitrogens with one attached hydrogen (secondary N) is 1. The average Bonchev–Trinajstić information content (AvgIpc) is 2.99. The van der Waals surface area contributed by atoms with Crippen LogP contribution in [-0.2, 0) is 0 Å². The molecule has 3 heterocycles. The number of H-pyrrole nitrogens is 1. The Morgan fingerprint density at radius 1 is 1.07 bits per heavy atom. The zero-order valence-electron chi connectivity index (χ0n) is 14.3. The molecular formula is C19H13F3N4O. The molecule has 8 heteroatoms. The van der Waals surface area contributed by atoms with E-state index in [0.29, 0.717) is 11.4 Å². The van der Waals surface area contributed by atoms with Crippen molar-refractivity contribution in [2.45, 2.75) is 13.8 Å². The fourth-order valence-electron chi connectivity index (χ4n) is 2.89. The molecule has 1 aromatic carbocycles. The van der Waals surface area contributed by atoms with E-state index in [2.05, 4.69) is 15.1 Å². The van der Waals surface area contributed by atoms with E-state index in [1.54, 1.807) is 18.3 Å². The fourth-order valence-corrected chi connectivity index (χ4v) is 2.89. The summed E-state index contributed by atoms with van der Waals surface area (Å²) in [5.41, 5.74) is 0.523. The van der Waals surface area contributed by atoms with Crippen molar-refractivity contribution in [3.63, 3.8) is 0 Å². The normalized spacial score (nSPS) is 11.3. The van der Waals surface area contributed by atoms with Crippen LogP contribution in [0.4, 0.5) is 13.2 Å². The summed E-state index contributed by atoms with van der Waals surface area (Å²) in [7, 11) is 0. The highest BCUT2D eigenvalue weighted by Gasteiger charge is 2.20. The molecule has 0 spiro atoms. The summed E-state index contributed by atoms with van der Waals surface area (Å²) in [6.07, 6.45) is 1.62. The zero-order valence-corrected chi connectivity index (χ0v) is 14.3. The monoisotopic (exact) mass is 370 g/mol. The number of fused-ring (bicyclic) bond motifs is 1. The number of rotatable bonds is 2. The van der Waals surface area contributed by atoms with Gasteiger partial charge in [-0.25, -0.2) is 22.8 Å². The first-order chi connectivity index (χ1) is 12.9. The molecule has 0 aliphatic carbocycles. The smallest absolute Gasteiger partial charge is 0.273 e. The second-order valence-electron chi connectivity index (χ2n) is 6.14. The van der Waals surface area contributed by atoms with Gasteiger partial charge in [-0.2, -0.15) is 0 Å². The number of hydrogen-bond donors (Lipinski definition) is 1. The van der Waals surface area contributed by atoms with E-state index >= 15 is 0 Å². The number of hydrogen-bond acceptors (Lipinski definition) is 3. The maximum Gasteiger partial charge on any atom is 0.280 e. The largest absolute Gasteiger partial charge is 0.280 e. The number of benzene rings is 1. The number of nitrogens with zero attached hydrogens (tertiary/aromatic N) is 3.